The summed E-state index contributed by atoms with van der Waals surface area (Å²) < 4.78 is 12.9. The van der Waals surface area contributed by atoms with Crippen molar-refractivity contribution in [2.24, 2.45) is 0 Å². The molecule has 1 nitrogen and oxygen atoms in total. The smallest absolute Gasteiger partial charge is 0.141 e. The van der Waals surface area contributed by atoms with Crippen LogP contribution in [0.25, 0.3) is 0 Å². The summed E-state index contributed by atoms with van der Waals surface area (Å²) in [5.74, 6) is 1.59. The Hall–Kier alpha value is -0.830. The number of Topliss-reactive ketones (excluding diaryl/α,β-unsaturated/α-hetero) is 1. The van der Waals surface area contributed by atoms with E-state index in [4.69, 9.17) is 0 Å². The molecule has 0 aliphatic carbocycles. The summed E-state index contributed by atoms with van der Waals surface area (Å²) in [6.07, 6.45) is 0.617. The van der Waals surface area contributed by atoms with Crippen LogP contribution in [0, 0.1) is 5.82 Å². The van der Waals surface area contributed by atoms with E-state index in [2.05, 4.69) is 0 Å². The molecule has 74 valence electrons. The van der Waals surface area contributed by atoms with E-state index in [1.165, 1.54) is 12.1 Å². The predicted molar refractivity (Wildman–Crippen MR) is 56.1 cm³/mol. The number of carbonyl (C=O) groups excluding carboxylic acids is 1. The lowest BCUT2D eigenvalue weighted by Crippen LogP contribution is -2.20. The first-order valence-corrected chi connectivity index (χ1v) is 5.79. The normalized spacial score (nSPS) is 22.4. The van der Waals surface area contributed by atoms with E-state index in [0.717, 1.165) is 17.1 Å². The molecule has 1 aliphatic rings. The Labute approximate surface area is 86.7 Å². The van der Waals surface area contributed by atoms with Crippen molar-refractivity contribution in [3.63, 3.8) is 0 Å². The summed E-state index contributed by atoms with van der Waals surface area (Å²) >= 11 is 1.76. The molecule has 1 atom stereocenters. The van der Waals surface area contributed by atoms with Gasteiger partial charge in [0.15, 0.2) is 0 Å². The molecule has 1 saturated heterocycles. The van der Waals surface area contributed by atoms with Gasteiger partial charge >= 0.3 is 0 Å². The molecule has 0 radical (unpaired) electrons. The van der Waals surface area contributed by atoms with E-state index in [1.54, 1.807) is 17.8 Å². The summed E-state index contributed by atoms with van der Waals surface area (Å²) in [5.41, 5.74) is 0.821. The summed E-state index contributed by atoms with van der Waals surface area (Å²) in [7, 11) is 0. The zero-order valence-electron chi connectivity index (χ0n) is 7.70. The maximum Gasteiger partial charge on any atom is 0.141 e. The van der Waals surface area contributed by atoms with Crippen LogP contribution in [0.1, 0.15) is 17.9 Å². The first-order valence-electron chi connectivity index (χ1n) is 4.63. The van der Waals surface area contributed by atoms with Gasteiger partial charge in [0.1, 0.15) is 11.6 Å². The number of ketones is 1. The zero-order chi connectivity index (χ0) is 9.97. The molecule has 0 saturated carbocycles. The molecule has 1 aromatic rings. The second-order valence-electron chi connectivity index (χ2n) is 3.40. The Morgan fingerprint density at radius 1 is 1.43 bits per heavy atom. The number of hydrogen-bond donors (Lipinski definition) is 0. The minimum atomic E-state index is -0.258. The van der Waals surface area contributed by atoms with Crippen LogP contribution in [0.2, 0.25) is 0 Å². The highest BCUT2D eigenvalue weighted by Gasteiger charge is 2.24. The van der Waals surface area contributed by atoms with Crippen LogP contribution in [0.5, 0.6) is 0 Å². The van der Waals surface area contributed by atoms with E-state index in [-0.39, 0.29) is 17.5 Å². The summed E-state index contributed by atoms with van der Waals surface area (Å²) in [6.45, 7) is 0. The molecule has 1 aliphatic heterocycles. The molecule has 0 aromatic heterocycles. The monoisotopic (exact) mass is 210 g/mol. The van der Waals surface area contributed by atoms with Crippen LogP contribution in [0.4, 0.5) is 4.39 Å². The fourth-order valence-electron chi connectivity index (χ4n) is 1.65. The number of hydrogen-bond acceptors (Lipinski definition) is 2. The Kier molecular flexibility index (Phi) is 2.87. The maximum atomic E-state index is 12.9. The lowest BCUT2D eigenvalue weighted by atomic mass is 9.95. The maximum absolute atomic E-state index is 12.9. The second kappa shape index (κ2) is 4.13. The average molecular weight is 210 g/mol. The first kappa shape index (κ1) is 9.71. The molecule has 2 rings (SSSR count). The van der Waals surface area contributed by atoms with Crippen molar-refractivity contribution in [2.45, 2.75) is 12.3 Å². The van der Waals surface area contributed by atoms with Gasteiger partial charge in [-0.3, -0.25) is 4.79 Å². The van der Waals surface area contributed by atoms with Crippen LogP contribution in [-0.2, 0) is 4.79 Å². The Bertz CT molecular complexity index is 351. The van der Waals surface area contributed by atoms with Gasteiger partial charge in [0, 0.05) is 17.9 Å². The fraction of sp³-hybridized carbons (Fsp3) is 0.364. The summed E-state index contributed by atoms with van der Waals surface area (Å²) in [5, 5.41) is 0. The van der Waals surface area contributed by atoms with Crippen LogP contribution in [0.15, 0.2) is 24.3 Å². The molecule has 0 bridgehead atoms. The number of halogens is 1. The average Bonchev–Trinajstić information content (AvgIpc) is 2.18. The Morgan fingerprint density at radius 2 is 2.29 bits per heavy atom. The van der Waals surface area contributed by atoms with Crippen molar-refractivity contribution < 1.29 is 9.18 Å². The molecule has 1 heterocycles. The highest BCUT2D eigenvalue weighted by Crippen LogP contribution is 2.28. The largest absolute Gasteiger partial charge is 0.299 e. The van der Waals surface area contributed by atoms with Gasteiger partial charge in [-0.05, 0) is 17.7 Å². The predicted octanol–water partition coefficient (Wildman–Crippen LogP) is 2.62. The molecule has 1 fully saturated rings. The van der Waals surface area contributed by atoms with Crippen LogP contribution < -0.4 is 0 Å². The van der Waals surface area contributed by atoms with E-state index in [9.17, 15) is 9.18 Å². The van der Waals surface area contributed by atoms with Gasteiger partial charge in [-0.2, -0.15) is 11.8 Å². The third-order valence-corrected chi connectivity index (χ3v) is 3.48. The van der Waals surface area contributed by atoms with Crippen molar-refractivity contribution in [3.8, 4) is 0 Å². The van der Waals surface area contributed by atoms with Gasteiger partial charge in [0.25, 0.3) is 0 Å². The Morgan fingerprint density at radius 3 is 3.00 bits per heavy atom. The lowest BCUT2D eigenvalue weighted by Gasteiger charge is -2.20. The van der Waals surface area contributed by atoms with Crippen LogP contribution >= 0.6 is 11.8 Å². The third-order valence-electron chi connectivity index (χ3n) is 2.42. The van der Waals surface area contributed by atoms with E-state index < -0.39 is 0 Å². The van der Waals surface area contributed by atoms with Crippen molar-refractivity contribution in [1.29, 1.82) is 0 Å². The van der Waals surface area contributed by atoms with Crippen molar-refractivity contribution >= 4 is 17.5 Å². The summed E-state index contributed by atoms with van der Waals surface area (Å²) in [4.78, 5) is 11.6. The van der Waals surface area contributed by atoms with Gasteiger partial charge < -0.3 is 0 Å². The molecule has 3 heteroatoms. The minimum absolute atomic E-state index is 0.0931. The molecule has 0 amide bonds. The van der Waals surface area contributed by atoms with Gasteiger partial charge in [-0.25, -0.2) is 4.39 Å². The summed E-state index contributed by atoms with van der Waals surface area (Å²) in [6, 6.07) is 6.37. The van der Waals surface area contributed by atoms with E-state index in [0.29, 0.717) is 6.42 Å². The molecular formula is C11H11FOS. The number of carbonyl (C=O) groups is 1. The number of rotatable bonds is 1. The molecule has 14 heavy (non-hydrogen) atoms. The quantitative estimate of drug-likeness (QED) is 0.708. The van der Waals surface area contributed by atoms with Gasteiger partial charge in [-0.15, -0.1) is 0 Å². The van der Waals surface area contributed by atoms with Crippen LogP contribution in [-0.4, -0.2) is 17.3 Å². The molecule has 0 N–H and O–H groups in total. The van der Waals surface area contributed by atoms with Gasteiger partial charge in [0.2, 0.25) is 0 Å². The highest BCUT2D eigenvalue weighted by molar-refractivity contribution is 7.99. The number of thioether (sulfide) groups is 1. The van der Waals surface area contributed by atoms with E-state index >= 15 is 0 Å². The first-order chi connectivity index (χ1) is 6.77. The topological polar surface area (TPSA) is 17.1 Å². The second-order valence-corrected chi connectivity index (χ2v) is 4.55. The van der Waals surface area contributed by atoms with Crippen LogP contribution in [0.3, 0.4) is 0 Å². The van der Waals surface area contributed by atoms with Crippen molar-refractivity contribution in [2.75, 3.05) is 11.5 Å². The zero-order valence-corrected chi connectivity index (χ0v) is 8.52. The minimum Gasteiger partial charge on any atom is -0.299 e. The molecule has 1 aromatic carbocycles. The lowest BCUT2D eigenvalue weighted by molar-refractivity contribution is -0.119. The standard InChI is InChI=1S/C11H11FOS/c12-9-3-1-2-8(6-9)10-7-14-5-4-11(10)13/h1-3,6,10H,4-5,7H2. The van der Waals surface area contributed by atoms with E-state index in [1.807, 2.05) is 6.07 Å². The SMILES string of the molecule is O=C1CCSCC1c1cccc(F)c1. The van der Waals surface area contributed by atoms with Gasteiger partial charge in [0.05, 0.1) is 5.92 Å². The fourth-order valence-corrected chi connectivity index (χ4v) is 2.77. The molecule has 1 unspecified atom stereocenters. The van der Waals surface area contributed by atoms with Gasteiger partial charge in [-0.1, -0.05) is 12.1 Å². The highest BCUT2D eigenvalue weighted by atomic mass is 32.2. The number of benzene rings is 1. The molecule has 0 spiro atoms. The Balaban J connectivity index is 2.24. The molecular weight excluding hydrogens is 199 g/mol. The van der Waals surface area contributed by atoms with Crippen molar-refractivity contribution in [3.05, 3.63) is 35.6 Å². The van der Waals surface area contributed by atoms with Crippen molar-refractivity contribution in [1.82, 2.24) is 0 Å². The third kappa shape index (κ3) is 1.98.